The number of sulfonamides is 1. The van der Waals surface area contributed by atoms with Crippen molar-refractivity contribution in [3.8, 4) is 0 Å². The minimum Gasteiger partial charge on any atom is -0.376 e. The molecule has 0 spiro atoms. The lowest BCUT2D eigenvalue weighted by Gasteiger charge is -2.15. The van der Waals surface area contributed by atoms with Gasteiger partial charge in [0.25, 0.3) is 0 Å². The fraction of sp³-hybridized carbons (Fsp3) is 0.467. The van der Waals surface area contributed by atoms with Crippen LogP contribution in [-0.2, 0) is 14.8 Å². The van der Waals surface area contributed by atoms with E-state index in [1.807, 2.05) is 0 Å². The third-order valence-electron chi connectivity index (χ3n) is 3.57. The Bertz CT molecular complexity index is 742. The number of hydrogen-bond acceptors (Lipinski definition) is 5. The second kappa shape index (κ2) is 7.18. The Morgan fingerprint density at radius 1 is 1.25 bits per heavy atom. The molecule has 0 aliphatic heterocycles. The highest BCUT2D eigenvalue weighted by molar-refractivity contribution is 7.89. The molecule has 24 heavy (non-hydrogen) atoms. The largest absolute Gasteiger partial charge is 0.376 e. The highest BCUT2D eigenvalue weighted by atomic mass is 32.2. The zero-order valence-electron chi connectivity index (χ0n) is 13.9. The molecule has 8 nitrogen and oxygen atoms in total. The van der Waals surface area contributed by atoms with Crippen molar-refractivity contribution in [2.24, 2.45) is 0 Å². The van der Waals surface area contributed by atoms with Crippen LogP contribution in [0.3, 0.4) is 0 Å². The molecule has 0 aromatic heterocycles. The van der Waals surface area contributed by atoms with Gasteiger partial charge in [0.15, 0.2) is 0 Å². The van der Waals surface area contributed by atoms with E-state index in [4.69, 9.17) is 0 Å². The third kappa shape index (κ3) is 4.68. The maximum absolute atomic E-state index is 12.3. The van der Waals surface area contributed by atoms with Crippen molar-refractivity contribution in [3.63, 3.8) is 0 Å². The van der Waals surface area contributed by atoms with Crippen LogP contribution in [0.1, 0.15) is 18.4 Å². The van der Waals surface area contributed by atoms with Crippen molar-refractivity contribution in [1.82, 2.24) is 14.9 Å². The van der Waals surface area contributed by atoms with Gasteiger partial charge in [-0.15, -0.1) is 0 Å². The van der Waals surface area contributed by atoms with Crippen LogP contribution in [-0.4, -0.2) is 51.3 Å². The summed E-state index contributed by atoms with van der Waals surface area (Å²) in [6.45, 7) is 1.57. The second-order valence-corrected chi connectivity index (χ2v) is 8.04. The number of anilines is 1. The first-order valence-corrected chi connectivity index (χ1v) is 9.01. The van der Waals surface area contributed by atoms with Crippen molar-refractivity contribution < 1.29 is 18.0 Å². The first-order valence-electron chi connectivity index (χ1n) is 7.57. The lowest BCUT2D eigenvalue weighted by molar-refractivity contribution is -0.118. The quantitative estimate of drug-likeness (QED) is 0.695. The molecule has 0 saturated heterocycles. The van der Waals surface area contributed by atoms with Gasteiger partial charge in [0.05, 0.1) is 11.4 Å². The molecular weight excluding hydrogens is 332 g/mol. The summed E-state index contributed by atoms with van der Waals surface area (Å²) >= 11 is 0. The Hall–Kier alpha value is -2.13. The van der Waals surface area contributed by atoms with Crippen LogP contribution in [0.4, 0.5) is 10.5 Å². The topological polar surface area (TPSA) is 108 Å². The molecule has 3 N–H and O–H groups in total. The average molecular weight is 354 g/mol. The van der Waals surface area contributed by atoms with Crippen LogP contribution in [0.5, 0.6) is 0 Å². The monoisotopic (exact) mass is 354 g/mol. The van der Waals surface area contributed by atoms with Gasteiger partial charge in [-0.05, 0) is 37.5 Å². The van der Waals surface area contributed by atoms with Gasteiger partial charge in [-0.3, -0.25) is 10.1 Å². The van der Waals surface area contributed by atoms with Crippen LogP contribution in [0.25, 0.3) is 0 Å². The van der Waals surface area contributed by atoms with E-state index in [1.54, 1.807) is 19.1 Å². The summed E-state index contributed by atoms with van der Waals surface area (Å²) in [4.78, 5) is 23.4. The van der Waals surface area contributed by atoms with Crippen LogP contribution in [0, 0.1) is 6.92 Å². The lowest BCUT2D eigenvalue weighted by atomic mass is 10.2. The van der Waals surface area contributed by atoms with Gasteiger partial charge in [-0.25, -0.2) is 17.5 Å². The number of rotatable bonds is 6. The molecule has 0 bridgehead atoms. The van der Waals surface area contributed by atoms with Crippen molar-refractivity contribution >= 4 is 27.6 Å². The van der Waals surface area contributed by atoms with E-state index >= 15 is 0 Å². The van der Waals surface area contributed by atoms with E-state index in [0.717, 1.165) is 17.1 Å². The van der Waals surface area contributed by atoms with E-state index in [9.17, 15) is 18.0 Å². The number of hydrogen-bond donors (Lipinski definition) is 3. The molecule has 132 valence electrons. The summed E-state index contributed by atoms with van der Waals surface area (Å²) < 4.78 is 25.7. The molecular formula is C15H22N4O4S. The molecule has 9 heteroatoms. The summed E-state index contributed by atoms with van der Waals surface area (Å²) in [6.07, 6.45) is 1.87. The number of aryl methyl sites for hydroxylation is 1. The first kappa shape index (κ1) is 18.2. The predicted molar refractivity (Wildman–Crippen MR) is 90.2 cm³/mol. The maximum Gasteiger partial charge on any atom is 0.321 e. The number of carbonyl (C=O) groups excluding carboxylic acids is 2. The van der Waals surface area contributed by atoms with E-state index < -0.39 is 22.0 Å². The van der Waals surface area contributed by atoms with Crippen molar-refractivity contribution in [3.05, 3.63) is 23.8 Å². The molecule has 2 rings (SSSR count). The summed E-state index contributed by atoms with van der Waals surface area (Å²) in [5.74, 6) is -0.495. The zero-order valence-corrected chi connectivity index (χ0v) is 14.7. The lowest BCUT2D eigenvalue weighted by Crippen LogP contribution is -2.42. The number of imide groups is 1. The Balaban J connectivity index is 1.97. The number of carbonyl (C=O) groups is 2. The standard InChI is InChI=1S/C15H22N4O4S/c1-10-4-5-12(8-13(10)24(22,23)19(2)3)16-9-14(20)18-15(21)17-11-6-7-11/h4-5,8,11,16H,6-7,9H2,1-3H3,(H2,17,18,20,21). The smallest absolute Gasteiger partial charge is 0.321 e. The van der Waals surface area contributed by atoms with E-state index in [-0.39, 0.29) is 17.5 Å². The Morgan fingerprint density at radius 2 is 1.92 bits per heavy atom. The average Bonchev–Trinajstić information content (AvgIpc) is 3.29. The zero-order chi connectivity index (χ0) is 17.9. The van der Waals surface area contributed by atoms with E-state index in [0.29, 0.717) is 11.3 Å². The molecule has 3 amide bonds. The van der Waals surface area contributed by atoms with Crippen molar-refractivity contribution in [2.45, 2.75) is 30.7 Å². The molecule has 0 unspecified atom stereocenters. The fourth-order valence-corrected chi connectivity index (χ4v) is 3.13. The summed E-state index contributed by atoms with van der Waals surface area (Å²) in [5.41, 5.74) is 1.10. The second-order valence-electron chi connectivity index (χ2n) is 5.92. The van der Waals surface area contributed by atoms with Gasteiger partial charge in [0.2, 0.25) is 15.9 Å². The summed E-state index contributed by atoms with van der Waals surface area (Å²) in [7, 11) is -0.647. The minimum absolute atomic E-state index is 0.136. The van der Waals surface area contributed by atoms with Gasteiger partial charge in [-0.1, -0.05) is 6.07 Å². The van der Waals surface area contributed by atoms with Gasteiger partial charge < -0.3 is 10.6 Å². The number of benzene rings is 1. The highest BCUT2D eigenvalue weighted by Gasteiger charge is 2.24. The van der Waals surface area contributed by atoms with Gasteiger partial charge in [0.1, 0.15) is 0 Å². The first-order chi connectivity index (χ1) is 11.2. The third-order valence-corrected chi connectivity index (χ3v) is 5.52. The molecule has 1 aromatic rings. The summed E-state index contributed by atoms with van der Waals surface area (Å²) in [6, 6.07) is 4.48. The van der Waals surface area contributed by atoms with Crippen LogP contribution >= 0.6 is 0 Å². The minimum atomic E-state index is -3.57. The van der Waals surface area contributed by atoms with E-state index in [1.165, 1.54) is 20.2 Å². The van der Waals surface area contributed by atoms with Gasteiger partial charge in [-0.2, -0.15) is 0 Å². The van der Waals surface area contributed by atoms with Gasteiger partial charge >= 0.3 is 6.03 Å². The number of urea groups is 1. The predicted octanol–water partition coefficient (Wildman–Crippen LogP) is 0.645. The molecule has 0 atom stereocenters. The van der Waals surface area contributed by atoms with Crippen LogP contribution in [0.2, 0.25) is 0 Å². The normalized spacial score (nSPS) is 14.3. The Morgan fingerprint density at radius 3 is 2.50 bits per heavy atom. The van der Waals surface area contributed by atoms with Crippen LogP contribution < -0.4 is 16.0 Å². The Labute approximate surface area is 141 Å². The molecule has 0 radical (unpaired) electrons. The number of amides is 3. The fourth-order valence-electron chi connectivity index (χ4n) is 1.99. The highest BCUT2D eigenvalue weighted by Crippen LogP contribution is 2.22. The Kier molecular flexibility index (Phi) is 5.45. The molecule has 1 saturated carbocycles. The van der Waals surface area contributed by atoms with Crippen molar-refractivity contribution in [2.75, 3.05) is 26.0 Å². The van der Waals surface area contributed by atoms with E-state index in [2.05, 4.69) is 16.0 Å². The summed E-state index contributed by atoms with van der Waals surface area (Å²) in [5, 5.41) is 7.69. The van der Waals surface area contributed by atoms with Crippen molar-refractivity contribution in [1.29, 1.82) is 0 Å². The SMILES string of the molecule is Cc1ccc(NCC(=O)NC(=O)NC2CC2)cc1S(=O)(=O)N(C)C. The molecule has 1 aliphatic rings. The van der Waals surface area contributed by atoms with Crippen LogP contribution in [0.15, 0.2) is 23.1 Å². The molecule has 1 fully saturated rings. The van der Waals surface area contributed by atoms with Gasteiger partial charge in [0, 0.05) is 25.8 Å². The maximum atomic E-state index is 12.3. The molecule has 1 aromatic carbocycles. The number of nitrogens with zero attached hydrogens (tertiary/aromatic N) is 1. The molecule has 0 heterocycles. The molecule has 1 aliphatic carbocycles. The number of nitrogens with one attached hydrogen (secondary N) is 3.